The molecule has 2 amide bonds. The molecular formula is C7H7N3O3. The molecule has 0 bridgehead atoms. The molecule has 1 rings (SSSR count). The Labute approximate surface area is 73.3 Å². The van der Waals surface area contributed by atoms with Crippen molar-refractivity contribution in [1.29, 1.82) is 5.41 Å². The van der Waals surface area contributed by atoms with Gasteiger partial charge >= 0.3 is 6.03 Å². The molecule has 0 aromatic rings. The van der Waals surface area contributed by atoms with Gasteiger partial charge in [0, 0.05) is 6.08 Å². The van der Waals surface area contributed by atoms with Crippen molar-refractivity contribution in [2.75, 3.05) is 0 Å². The van der Waals surface area contributed by atoms with Crippen molar-refractivity contribution in [2.24, 2.45) is 5.73 Å². The van der Waals surface area contributed by atoms with Gasteiger partial charge in [0.1, 0.15) is 0 Å². The highest BCUT2D eigenvalue weighted by molar-refractivity contribution is 6.49. The quantitative estimate of drug-likeness (QED) is 0.487. The highest BCUT2D eigenvalue weighted by Gasteiger charge is 2.23. The third-order valence-electron chi connectivity index (χ3n) is 1.47. The number of Topliss-reactive ketones (excluding diaryl/α,β-unsaturated/α-hetero) is 1. The fourth-order valence-electron chi connectivity index (χ4n) is 0.880. The second kappa shape index (κ2) is 3.18. The lowest BCUT2D eigenvalue weighted by atomic mass is 10.0. The zero-order valence-corrected chi connectivity index (χ0v) is 6.59. The third-order valence-corrected chi connectivity index (χ3v) is 1.47. The van der Waals surface area contributed by atoms with E-state index in [1.165, 1.54) is 0 Å². The summed E-state index contributed by atoms with van der Waals surface area (Å²) in [7, 11) is 0. The molecule has 0 spiro atoms. The van der Waals surface area contributed by atoms with Crippen LogP contribution in [-0.4, -0.2) is 23.3 Å². The second-order valence-electron chi connectivity index (χ2n) is 2.49. The van der Waals surface area contributed by atoms with Gasteiger partial charge in [-0.3, -0.25) is 9.59 Å². The number of ketones is 2. The number of urea groups is 1. The minimum Gasteiger partial charge on any atom is -0.351 e. The second-order valence-corrected chi connectivity index (χ2v) is 2.49. The molecule has 13 heavy (non-hydrogen) atoms. The van der Waals surface area contributed by atoms with Crippen LogP contribution in [0, 0.1) is 5.41 Å². The predicted octanol–water partition coefficient (Wildman–Crippen LogP) is -0.900. The Morgan fingerprint density at radius 2 is 2.15 bits per heavy atom. The number of hydrogen-bond acceptors (Lipinski definition) is 4. The average Bonchev–Trinajstić information content (AvgIpc) is 1.99. The number of rotatable bonds is 1. The lowest BCUT2D eigenvalue weighted by molar-refractivity contribution is -0.117. The average molecular weight is 181 g/mol. The summed E-state index contributed by atoms with van der Waals surface area (Å²) in [5, 5.41) is 9.05. The smallest absolute Gasteiger partial charge is 0.316 e. The molecule has 4 N–H and O–H groups in total. The molecule has 0 fully saturated rings. The van der Waals surface area contributed by atoms with E-state index in [9.17, 15) is 14.4 Å². The van der Waals surface area contributed by atoms with Crippen molar-refractivity contribution in [1.82, 2.24) is 5.32 Å². The summed E-state index contributed by atoms with van der Waals surface area (Å²) in [6.45, 7) is 0. The largest absolute Gasteiger partial charge is 0.351 e. The molecule has 0 aromatic carbocycles. The molecule has 68 valence electrons. The van der Waals surface area contributed by atoms with Gasteiger partial charge in [-0.25, -0.2) is 4.79 Å². The standard InChI is InChI=1S/C7H7N3O3/c8-3-1-6(12)4(2-5(3)11)10-7(9)13/h2,8H,1H2,(H3,9,10,13). The summed E-state index contributed by atoms with van der Waals surface area (Å²) >= 11 is 0. The van der Waals surface area contributed by atoms with Crippen molar-refractivity contribution < 1.29 is 14.4 Å². The van der Waals surface area contributed by atoms with E-state index in [0.717, 1.165) is 6.08 Å². The molecule has 1 aliphatic rings. The van der Waals surface area contributed by atoms with E-state index >= 15 is 0 Å². The van der Waals surface area contributed by atoms with E-state index in [1.807, 2.05) is 5.32 Å². The molecule has 0 radical (unpaired) electrons. The molecule has 0 atom stereocenters. The van der Waals surface area contributed by atoms with Crippen molar-refractivity contribution in [3.05, 3.63) is 11.8 Å². The van der Waals surface area contributed by atoms with E-state index in [1.54, 1.807) is 0 Å². The first-order valence-corrected chi connectivity index (χ1v) is 3.44. The van der Waals surface area contributed by atoms with E-state index in [-0.39, 0.29) is 17.8 Å². The normalized spacial score (nSPS) is 16.9. The zero-order chi connectivity index (χ0) is 10.0. The van der Waals surface area contributed by atoms with Crippen LogP contribution in [0.25, 0.3) is 0 Å². The first-order valence-electron chi connectivity index (χ1n) is 3.44. The van der Waals surface area contributed by atoms with Crippen LogP contribution in [0.1, 0.15) is 6.42 Å². The highest BCUT2D eigenvalue weighted by atomic mass is 16.2. The van der Waals surface area contributed by atoms with Crippen LogP contribution in [0.3, 0.4) is 0 Å². The highest BCUT2D eigenvalue weighted by Crippen LogP contribution is 2.05. The Balaban J connectivity index is 2.90. The Bertz CT molecular complexity index is 343. The van der Waals surface area contributed by atoms with Gasteiger partial charge in [-0.1, -0.05) is 0 Å². The summed E-state index contributed by atoms with van der Waals surface area (Å²) in [6.07, 6.45) is 0.615. The monoisotopic (exact) mass is 181 g/mol. The number of hydrogen-bond donors (Lipinski definition) is 3. The number of carbonyl (C=O) groups excluding carboxylic acids is 3. The van der Waals surface area contributed by atoms with Crippen molar-refractivity contribution in [3.8, 4) is 0 Å². The number of carbonyl (C=O) groups is 3. The van der Waals surface area contributed by atoms with Gasteiger partial charge in [0.05, 0.1) is 17.8 Å². The molecule has 0 aromatic heterocycles. The van der Waals surface area contributed by atoms with Gasteiger partial charge in [-0.15, -0.1) is 0 Å². The van der Waals surface area contributed by atoms with Crippen molar-refractivity contribution >= 4 is 23.3 Å². The number of allylic oxidation sites excluding steroid dienone is 2. The number of primary amides is 1. The summed E-state index contributed by atoms with van der Waals surface area (Å²) in [5.41, 5.74) is 4.33. The number of nitrogens with two attached hydrogens (primary N) is 1. The molecule has 6 heteroatoms. The first-order chi connectivity index (χ1) is 6.00. The maximum atomic E-state index is 11.1. The third kappa shape index (κ3) is 1.98. The van der Waals surface area contributed by atoms with E-state index in [4.69, 9.17) is 11.1 Å². The van der Waals surface area contributed by atoms with Crippen LogP contribution in [0.2, 0.25) is 0 Å². The minimum atomic E-state index is -0.902. The first kappa shape index (κ1) is 9.11. The van der Waals surface area contributed by atoms with Gasteiger partial charge in [0.25, 0.3) is 0 Å². The molecular weight excluding hydrogens is 174 g/mol. The summed E-state index contributed by atoms with van der Waals surface area (Å²) in [4.78, 5) is 32.3. The Kier molecular flexibility index (Phi) is 2.23. The van der Waals surface area contributed by atoms with Crippen molar-refractivity contribution in [3.63, 3.8) is 0 Å². The molecule has 0 saturated carbocycles. The van der Waals surface area contributed by atoms with Crippen LogP contribution in [0.4, 0.5) is 4.79 Å². The lowest BCUT2D eigenvalue weighted by Crippen LogP contribution is -2.36. The Morgan fingerprint density at radius 3 is 2.69 bits per heavy atom. The topological polar surface area (TPSA) is 113 Å². The predicted molar refractivity (Wildman–Crippen MR) is 43.2 cm³/mol. The maximum absolute atomic E-state index is 11.1. The van der Waals surface area contributed by atoms with Gasteiger partial charge < -0.3 is 16.5 Å². The summed E-state index contributed by atoms with van der Waals surface area (Å²) in [6, 6.07) is -0.902. The molecule has 0 unspecified atom stereocenters. The SMILES string of the molecule is N=C1CC(=O)C(NC(N)=O)=CC1=O. The van der Waals surface area contributed by atoms with Crippen molar-refractivity contribution in [2.45, 2.75) is 6.42 Å². The van der Waals surface area contributed by atoms with Gasteiger partial charge in [0.2, 0.25) is 5.78 Å². The van der Waals surface area contributed by atoms with Gasteiger partial charge in [-0.2, -0.15) is 0 Å². The molecule has 0 aliphatic heterocycles. The van der Waals surface area contributed by atoms with E-state index < -0.39 is 17.6 Å². The molecule has 6 nitrogen and oxygen atoms in total. The Hall–Kier alpha value is -1.98. The molecule has 0 heterocycles. The van der Waals surface area contributed by atoms with Crippen LogP contribution >= 0.6 is 0 Å². The lowest BCUT2D eigenvalue weighted by Gasteiger charge is -2.10. The zero-order valence-electron chi connectivity index (χ0n) is 6.59. The molecule has 1 aliphatic carbocycles. The number of nitrogens with one attached hydrogen (secondary N) is 2. The maximum Gasteiger partial charge on any atom is 0.316 e. The minimum absolute atomic E-state index is 0.145. The number of amides is 2. The van der Waals surface area contributed by atoms with Crippen LogP contribution < -0.4 is 11.1 Å². The Morgan fingerprint density at radius 1 is 1.54 bits per heavy atom. The summed E-state index contributed by atoms with van der Waals surface area (Å²) in [5.74, 6) is -1.06. The van der Waals surface area contributed by atoms with E-state index in [0.29, 0.717) is 0 Å². The van der Waals surface area contributed by atoms with Crippen LogP contribution in [0.5, 0.6) is 0 Å². The molecule has 0 saturated heterocycles. The van der Waals surface area contributed by atoms with E-state index in [2.05, 4.69) is 0 Å². The fourth-order valence-corrected chi connectivity index (χ4v) is 0.880. The van der Waals surface area contributed by atoms with Gasteiger partial charge in [-0.05, 0) is 0 Å². The van der Waals surface area contributed by atoms with Crippen LogP contribution in [-0.2, 0) is 9.59 Å². The van der Waals surface area contributed by atoms with Gasteiger partial charge in [0.15, 0.2) is 5.78 Å². The van der Waals surface area contributed by atoms with Crippen LogP contribution in [0.15, 0.2) is 11.8 Å². The summed E-state index contributed by atoms with van der Waals surface area (Å²) < 4.78 is 0. The fraction of sp³-hybridized carbons (Fsp3) is 0.143.